The van der Waals surface area contributed by atoms with Gasteiger partial charge in [0, 0.05) is 18.1 Å². The SMILES string of the molecule is COCc1nc(C(=O)OCc2nc(-c3cccc(OC)c3)no2)cs1. The lowest BCUT2D eigenvalue weighted by Crippen LogP contribution is -2.06. The molecule has 0 saturated carbocycles. The first-order valence-electron chi connectivity index (χ1n) is 7.27. The van der Waals surface area contributed by atoms with Gasteiger partial charge in [0.05, 0.1) is 13.7 Å². The third kappa shape index (κ3) is 4.20. The highest BCUT2D eigenvalue weighted by molar-refractivity contribution is 7.09. The molecule has 0 atom stereocenters. The number of hydrogen-bond donors (Lipinski definition) is 0. The lowest BCUT2D eigenvalue weighted by Gasteiger charge is -2.00. The van der Waals surface area contributed by atoms with Crippen LogP contribution in [0.2, 0.25) is 0 Å². The van der Waals surface area contributed by atoms with Gasteiger partial charge in [-0.3, -0.25) is 0 Å². The third-order valence-electron chi connectivity index (χ3n) is 3.15. The predicted molar refractivity (Wildman–Crippen MR) is 88.2 cm³/mol. The minimum Gasteiger partial charge on any atom is -0.497 e. The molecule has 0 amide bonds. The van der Waals surface area contributed by atoms with Crippen LogP contribution >= 0.6 is 11.3 Å². The van der Waals surface area contributed by atoms with Gasteiger partial charge in [0.25, 0.3) is 5.89 Å². The summed E-state index contributed by atoms with van der Waals surface area (Å²) in [5.41, 5.74) is 0.967. The molecule has 25 heavy (non-hydrogen) atoms. The van der Waals surface area contributed by atoms with Crippen LogP contribution in [-0.2, 0) is 22.7 Å². The van der Waals surface area contributed by atoms with E-state index in [0.29, 0.717) is 23.2 Å². The number of benzene rings is 1. The number of thiazole rings is 1. The summed E-state index contributed by atoms with van der Waals surface area (Å²) >= 11 is 1.33. The Morgan fingerprint density at radius 2 is 2.12 bits per heavy atom. The van der Waals surface area contributed by atoms with Crippen molar-refractivity contribution in [1.82, 2.24) is 15.1 Å². The van der Waals surface area contributed by atoms with Crippen LogP contribution in [0.4, 0.5) is 0 Å². The zero-order valence-corrected chi connectivity index (χ0v) is 14.4. The summed E-state index contributed by atoms with van der Waals surface area (Å²) in [5, 5.41) is 6.20. The van der Waals surface area contributed by atoms with Crippen molar-refractivity contribution in [3.8, 4) is 17.1 Å². The molecule has 0 N–H and O–H groups in total. The van der Waals surface area contributed by atoms with E-state index in [4.69, 9.17) is 18.7 Å². The molecule has 0 aliphatic heterocycles. The van der Waals surface area contributed by atoms with Gasteiger partial charge < -0.3 is 18.7 Å². The smallest absolute Gasteiger partial charge is 0.358 e. The number of esters is 1. The van der Waals surface area contributed by atoms with Gasteiger partial charge in [-0.2, -0.15) is 4.98 Å². The van der Waals surface area contributed by atoms with E-state index < -0.39 is 5.97 Å². The Morgan fingerprint density at radius 3 is 2.92 bits per heavy atom. The van der Waals surface area contributed by atoms with Crippen molar-refractivity contribution >= 4 is 17.3 Å². The molecular formula is C16H15N3O5S. The number of carbonyl (C=O) groups excluding carboxylic acids is 1. The van der Waals surface area contributed by atoms with Gasteiger partial charge in [0.15, 0.2) is 12.3 Å². The number of aromatic nitrogens is 3. The summed E-state index contributed by atoms with van der Waals surface area (Å²) in [6.45, 7) is 0.221. The van der Waals surface area contributed by atoms with Gasteiger partial charge in [0.1, 0.15) is 10.8 Å². The van der Waals surface area contributed by atoms with Gasteiger partial charge in [-0.25, -0.2) is 9.78 Å². The predicted octanol–water partition coefficient (Wildman–Crippen LogP) is 2.71. The van der Waals surface area contributed by atoms with Gasteiger partial charge in [-0.1, -0.05) is 17.3 Å². The Bertz CT molecular complexity index is 861. The van der Waals surface area contributed by atoms with E-state index in [1.54, 1.807) is 25.7 Å². The van der Waals surface area contributed by atoms with Crippen molar-refractivity contribution in [2.45, 2.75) is 13.2 Å². The zero-order valence-electron chi connectivity index (χ0n) is 13.6. The summed E-state index contributed by atoms with van der Waals surface area (Å²) < 4.78 is 20.4. The van der Waals surface area contributed by atoms with Crippen molar-refractivity contribution in [3.63, 3.8) is 0 Å². The summed E-state index contributed by atoms with van der Waals surface area (Å²) in [4.78, 5) is 20.3. The molecule has 0 unspecified atom stereocenters. The van der Waals surface area contributed by atoms with Gasteiger partial charge in [0.2, 0.25) is 5.82 Å². The summed E-state index contributed by atoms with van der Waals surface area (Å²) in [7, 11) is 3.14. The molecule has 1 aromatic carbocycles. The Balaban J connectivity index is 1.62. The van der Waals surface area contributed by atoms with E-state index >= 15 is 0 Å². The molecule has 0 spiro atoms. The normalized spacial score (nSPS) is 10.6. The Kier molecular flexibility index (Phi) is 5.36. The number of carbonyl (C=O) groups is 1. The third-order valence-corrected chi connectivity index (χ3v) is 3.97. The first-order valence-corrected chi connectivity index (χ1v) is 8.15. The van der Waals surface area contributed by atoms with Crippen LogP contribution in [0.25, 0.3) is 11.4 Å². The van der Waals surface area contributed by atoms with Crippen molar-refractivity contribution < 1.29 is 23.5 Å². The maximum absolute atomic E-state index is 12.0. The van der Waals surface area contributed by atoms with Crippen molar-refractivity contribution in [2.24, 2.45) is 0 Å². The summed E-state index contributed by atoms with van der Waals surface area (Å²) in [5.74, 6) is 0.713. The number of hydrogen-bond acceptors (Lipinski definition) is 9. The molecule has 0 aliphatic rings. The minimum absolute atomic E-state index is 0.132. The minimum atomic E-state index is -0.556. The van der Waals surface area contributed by atoms with E-state index in [1.807, 2.05) is 18.2 Å². The molecular weight excluding hydrogens is 346 g/mol. The fraction of sp³-hybridized carbons (Fsp3) is 0.250. The molecule has 3 rings (SSSR count). The maximum Gasteiger partial charge on any atom is 0.358 e. The highest BCUT2D eigenvalue weighted by Gasteiger charge is 2.15. The van der Waals surface area contributed by atoms with Crippen molar-refractivity contribution in [1.29, 1.82) is 0 Å². The first-order chi connectivity index (χ1) is 12.2. The van der Waals surface area contributed by atoms with Crippen LogP contribution in [-0.4, -0.2) is 35.3 Å². The van der Waals surface area contributed by atoms with Crippen LogP contribution in [0, 0.1) is 0 Å². The first kappa shape index (κ1) is 17.1. The number of methoxy groups -OCH3 is 2. The van der Waals surface area contributed by atoms with Crippen molar-refractivity contribution in [3.05, 3.63) is 46.2 Å². The Hall–Kier alpha value is -2.78. The number of ether oxygens (including phenoxy) is 3. The maximum atomic E-state index is 12.0. The highest BCUT2D eigenvalue weighted by Crippen LogP contribution is 2.21. The fourth-order valence-electron chi connectivity index (χ4n) is 1.99. The lowest BCUT2D eigenvalue weighted by atomic mass is 10.2. The van der Waals surface area contributed by atoms with E-state index in [9.17, 15) is 4.79 Å². The second kappa shape index (κ2) is 7.86. The van der Waals surface area contributed by atoms with Crippen LogP contribution in [0.15, 0.2) is 34.2 Å². The molecule has 130 valence electrons. The van der Waals surface area contributed by atoms with Crippen LogP contribution in [0.3, 0.4) is 0 Å². The molecule has 0 fully saturated rings. The number of rotatable bonds is 7. The average Bonchev–Trinajstić information content (AvgIpc) is 3.30. The quantitative estimate of drug-likeness (QED) is 0.593. The van der Waals surface area contributed by atoms with E-state index in [0.717, 1.165) is 5.56 Å². The number of nitrogens with zero attached hydrogens (tertiary/aromatic N) is 3. The fourth-order valence-corrected chi connectivity index (χ4v) is 2.72. The molecule has 2 aromatic heterocycles. The standard InChI is InChI=1S/C16H15N3O5S/c1-21-8-14-17-12(9-25-14)16(20)23-7-13-18-15(19-24-13)10-4-3-5-11(6-10)22-2/h3-6,9H,7-8H2,1-2H3. The lowest BCUT2D eigenvalue weighted by molar-refractivity contribution is 0.0423. The van der Waals surface area contributed by atoms with Crippen LogP contribution in [0.1, 0.15) is 21.4 Å². The summed E-state index contributed by atoms with van der Waals surface area (Å²) in [6, 6.07) is 7.26. The monoisotopic (exact) mass is 361 g/mol. The van der Waals surface area contributed by atoms with Gasteiger partial charge in [-0.15, -0.1) is 11.3 Å². The highest BCUT2D eigenvalue weighted by atomic mass is 32.1. The molecule has 0 radical (unpaired) electrons. The van der Waals surface area contributed by atoms with Gasteiger partial charge >= 0.3 is 5.97 Å². The Labute approximate surface area is 147 Å². The zero-order chi connectivity index (χ0) is 17.6. The molecule has 8 nitrogen and oxygen atoms in total. The summed E-state index contributed by atoms with van der Waals surface area (Å²) in [6.07, 6.45) is 0. The van der Waals surface area contributed by atoms with Crippen LogP contribution in [0.5, 0.6) is 5.75 Å². The van der Waals surface area contributed by atoms with E-state index in [2.05, 4.69) is 15.1 Å². The second-order valence-corrected chi connectivity index (χ2v) is 5.82. The van der Waals surface area contributed by atoms with Crippen molar-refractivity contribution in [2.75, 3.05) is 14.2 Å². The molecule has 0 bridgehead atoms. The topological polar surface area (TPSA) is 96.6 Å². The van der Waals surface area contributed by atoms with E-state index in [1.165, 1.54) is 11.3 Å². The largest absolute Gasteiger partial charge is 0.497 e. The molecule has 2 heterocycles. The average molecular weight is 361 g/mol. The molecule has 0 aliphatic carbocycles. The molecule has 0 saturated heterocycles. The molecule has 9 heteroatoms. The Morgan fingerprint density at radius 1 is 1.24 bits per heavy atom. The van der Waals surface area contributed by atoms with Crippen LogP contribution < -0.4 is 4.74 Å². The molecule has 3 aromatic rings. The van der Waals surface area contributed by atoms with E-state index in [-0.39, 0.29) is 18.2 Å². The van der Waals surface area contributed by atoms with Gasteiger partial charge in [-0.05, 0) is 12.1 Å². The second-order valence-electron chi connectivity index (χ2n) is 4.88.